The first kappa shape index (κ1) is 14.9. The zero-order chi connectivity index (χ0) is 14.7. The fourth-order valence-corrected chi connectivity index (χ4v) is 1.39. The van der Waals surface area contributed by atoms with Crippen LogP contribution in [-0.4, -0.2) is 5.97 Å². The predicted octanol–water partition coefficient (Wildman–Crippen LogP) is 2.90. The van der Waals surface area contributed by atoms with Crippen molar-refractivity contribution >= 4 is 5.97 Å². The van der Waals surface area contributed by atoms with Gasteiger partial charge in [-0.1, -0.05) is 0 Å². The van der Waals surface area contributed by atoms with Gasteiger partial charge in [-0.05, 0) is 0 Å². The van der Waals surface area contributed by atoms with Crippen LogP contribution in [0.5, 0.6) is 0 Å². The van der Waals surface area contributed by atoms with E-state index in [1.54, 1.807) is 0 Å². The molecule has 1 rings (SSSR count). The molecule has 0 radical (unpaired) electrons. The number of nitrogens with zero attached hydrogens (tertiary/aromatic N) is 1. The first-order chi connectivity index (χ1) is 8.81. The number of hydrogen-bond donors (Lipinski definition) is 0. The summed E-state index contributed by atoms with van der Waals surface area (Å²) in [7, 11) is 0. The van der Waals surface area contributed by atoms with E-state index in [2.05, 4.69) is 4.74 Å². The Bertz CT molecular complexity index is 538. The summed E-state index contributed by atoms with van der Waals surface area (Å²) in [6, 6.07) is 1.43. The number of ether oxygens (including phenoxy) is 1. The zero-order valence-corrected chi connectivity index (χ0v) is 9.44. The lowest BCUT2D eigenvalue weighted by atomic mass is 10.0. The summed E-state index contributed by atoms with van der Waals surface area (Å²) in [5.41, 5.74) is -1.34. The first-order valence-electron chi connectivity index (χ1n) is 4.86. The normalized spacial score (nSPS) is 11.8. The average Bonchev–Trinajstić information content (AvgIpc) is 2.34. The van der Waals surface area contributed by atoms with Crippen molar-refractivity contribution in [2.75, 3.05) is 0 Å². The van der Waals surface area contributed by atoms with Gasteiger partial charge in [-0.25, -0.2) is 22.0 Å². The lowest BCUT2D eigenvalue weighted by Crippen LogP contribution is -2.15. The molecule has 0 saturated carbocycles. The summed E-state index contributed by atoms with van der Waals surface area (Å²) in [5, 5.41) is 8.44. The van der Waals surface area contributed by atoms with Gasteiger partial charge in [0.15, 0.2) is 23.3 Å². The zero-order valence-electron chi connectivity index (χ0n) is 9.44. The summed E-state index contributed by atoms with van der Waals surface area (Å²) >= 11 is 0. The molecule has 0 spiro atoms. The molecule has 8 heteroatoms. The minimum Gasteiger partial charge on any atom is -0.456 e. The molecule has 19 heavy (non-hydrogen) atoms. The van der Waals surface area contributed by atoms with Crippen LogP contribution in [0.2, 0.25) is 0 Å². The minimum absolute atomic E-state index is 0.752. The second kappa shape index (κ2) is 5.65. The highest BCUT2D eigenvalue weighted by Crippen LogP contribution is 2.31. The van der Waals surface area contributed by atoms with Crippen molar-refractivity contribution in [3.63, 3.8) is 0 Å². The fourth-order valence-electron chi connectivity index (χ4n) is 1.39. The highest BCUT2D eigenvalue weighted by atomic mass is 19.2. The Labute approximate surface area is 104 Å². The number of esters is 1. The molecule has 0 fully saturated rings. The van der Waals surface area contributed by atoms with E-state index < -0.39 is 53.1 Å². The second-order valence-corrected chi connectivity index (χ2v) is 3.44. The third kappa shape index (κ3) is 2.81. The van der Waals surface area contributed by atoms with E-state index in [-0.39, 0.29) is 0 Å². The van der Waals surface area contributed by atoms with Crippen LogP contribution >= 0.6 is 0 Å². The van der Waals surface area contributed by atoms with Gasteiger partial charge in [-0.3, -0.25) is 4.79 Å². The number of carbonyl (C=O) groups is 1. The van der Waals surface area contributed by atoms with E-state index in [9.17, 15) is 26.7 Å². The molecule has 0 aliphatic rings. The maximum absolute atomic E-state index is 13.4. The summed E-state index contributed by atoms with van der Waals surface area (Å²) in [6.45, 7) is 0.871. The molecular weight excluding hydrogens is 273 g/mol. The predicted molar refractivity (Wildman–Crippen MR) is 51.0 cm³/mol. The van der Waals surface area contributed by atoms with Gasteiger partial charge >= 0.3 is 5.97 Å². The Morgan fingerprint density at radius 2 is 1.53 bits per heavy atom. The van der Waals surface area contributed by atoms with Gasteiger partial charge in [0.1, 0.15) is 6.10 Å². The summed E-state index contributed by atoms with van der Waals surface area (Å²) in [4.78, 5) is 10.7. The molecule has 102 valence electrons. The Balaban J connectivity index is 3.47. The first-order valence-corrected chi connectivity index (χ1v) is 4.86. The molecule has 0 N–H and O–H groups in total. The van der Waals surface area contributed by atoms with E-state index in [1.165, 1.54) is 6.07 Å². The Morgan fingerprint density at radius 1 is 1.11 bits per heavy atom. The molecule has 0 aliphatic heterocycles. The maximum Gasteiger partial charge on any atom is 0.303 e. The van der Waals surface area contributed by atoms with Crippen molar-refractivity contribution in [3.8, 4) is 6.07 Å². The molecule has 0 aliphatic carbocycles. The van der Waals surface area contributed by atoms with Gasteiger partial charge in [0.2, 0.25) is 5.82 Å². The van der Waals surface area contributed by atoms with Gasteiger partial charge in [0.25, 0.3) is 0 Å². The SMILES string of the molecule is CC(=O)O[C@@H](CC#N)c1c(F)c(F)c(F)c(F)c1F. The summed E-state index contributed by atoms with van der Waals surface area (Å²) < 4.78 is 69.9. The number of nitriles is 1. The van der Waals surface area contributed by atoms with Gasteiger partial charge in [-0.15, -0.1) is 0 Å². The molecule has 1 aromatic rings. The number of halogens is 5. The number of hydrogen-bond acceptors (Lipinski definition) is 3. The second-order valence-electron chi connectivity index (χ2n) is 3.44. The van der Waals surface area contributed by atoms with Crippen LogP contribution in [0.15, 0.2) is 0 Å². The quantitative estimate of drug-likeness (QED) is 0.370. The van der Waals surface area contributed by atoms with E-state index in [1.807, 2.05) is 0 Å². The van der Waals surface area contributed by atoms with Crippen LogP contribution in [0.1, 0.15) is 25.0 Å². The molecule has 1 atom stereocenters. The van der Waals surface area contributed by atoms with E-state index in [0.717, 1.165) is 6.92 Å². The Hall–Kier alpha value is -2.17. The van der Waals surface area contributed by atoms with Crippen LogP contribution in [0, 0.1) is 40.4 Å². The highest BCUT2D eigenvalue weighted by Gasteiger charge is 2.31. The standard InChI is InChI=1S/C11H6F5NO2/c1-4(18)19-5(2-3-17)6-7(12)9(14)11(16)10(15)8(6)13/h5H,2H2,1H3/t5-/m0/s1. The van der Waals surface area contributed by atoms with Gasteiger partial charge in [0.05, 0.1) is 18.1 Å². The average molecular weight is 279 g/mol. The van der Waals surface area contributed by atoms with Crippen molar-refractivity contribution in [2.24, 2.45) is 0 Å². The van der Waals surface area contributed by atoms with E-state index >= 15 is 0 Å². The van der Waals surface area contributed by atoms with Crippen molar-refractivity contribution < 1.29 is 31.5 Å². The van der Waals surface area contributed by atoms with Gasteiger partial charge in [-0.2, -0.15) is 5.26 Å². The van der Waals surface area contributed by atoms with Crippen LogP contribution in [0.25, 0.3) is 0 Å². The molecule has 0 aromatic heterocycles. The van der Waals surface area contributed by atoms with Gasteiger partial charge in [0, 0.05) is 6.92 Å². The number of rotatable bonds is 3. The molecule has 0 bridgehead atoms. The minimum atomic E-state index is -2.32. The van der Waals surface area contributed by atoms with Crippen LogP contribution < -0.4 is 0 Å². The third-order valence-electron chi connectivity index (χ3n) is 2.15. The molecule has 3 nitrogen and oxygen atoms in total. The van der Waals surface area contributed by atoms with Crippen LogP contribution in [-0.2, 0) is 9.53 Å². The van der Waals surface area contributed by atoms with Crippen molar-refractivity contribution in [3.05, 3.63) is 34.6 Å². The Kier molecular flexibility index (Phi) is 4.43. The molecule has 0 unspecified atom stereocenters. The molecule has 1 aromatic carbocycles. The summed E-state index contributed by atoms with van der Waals surface area (Å²) in [5.74, 6) is -11.9. The third-order valence-corrected chi connectivity index (χ3v) is 2.15. The molecule has 0 amide bonds. The van der Waals surface area contributed by atoms with Crippen molar-refractivity contribution in [2.45, 2.75) is 19.4 Å². The highest BCUT2D eigenvalue weighted by molar-refractivity contribution is 5.66. The van der Waals surface area contributed by atoms with Crippen LogP contribution in [0.3, 0.4) is 0 Å². The monoisotopic (exact) mass is 279 g/mol. The number of carbonyl (C=O) groups excluding carboxylic acids is 1. The smallest absolute Gasteiger partial charge is 0.303 e. The Morgan fingerprint density at radius 3 is 1.89 bits per heavy atom. The molecule has 0 saturated heterocycles. The van der Waals surface area contributed by atoms with Gasteiger partial charge < -0.3 is 4.74 Å². The maximum atomic E-state index is 13.4. The van der Waals surface area contributed by atoms with Crippen molar-refractivity contribution in [1.82, 2.24) is 0 Å². The molecule has 0 heterocycles. The fraction of sp³-hybridized carbons (Fsp3) is 0.273. The number of benzene rings is 1. The molecular formula is C11H6F5NO2. The van der Waals surface area contributed by atoms with E-state index in [0.29, 0.717) is 0 Å². The lowest BCUT2D eigenvalue weighted by Gasteiger charge is -2.16. The largest absolute Gasteiger partial charge is 0.456 e. The topological polar surface area (TPSA) is 50.1 Å². The summed E-state index contributed by atoms with van der Waals surface area (Å²) in [6.07, 6.45) is -2.62. The van der Waals surface area contributed by atoms with E-state index in [4.69, 9.17) is 5.26 Å². The van der Waals surface area contributed by atoms with Crippen molar-refractivity contribution in [1.29, 1.82) is 5.26 Å². The lowest BCUT2D eigenvalue weighted by molar-refractivity contribution is -0.146. The van der Waals surface area contributed by atoms with Crippen LogP contribution in [0.4, 0.5) is 22.0 Å².